The largest absolute Gasteiger partial charge is 0.488 e. The van der Waals surface area contributed by atoms with Crippen molar-refractivity contribution in [1.82, 2.24) is 4.98 Å². The number of carboxylic acid groups (broad SMARTS) is 1. The van der Waals surface area contributed by atoms with Crippen LogP contribution in [0.5, 0.6) is 5.75 Å². The molecule has 0 saturated heterocycles. The highest BCUT2D eigenvalue weighted by atomic mass is 32.1. The van der Waals surface area contributed by atoms with Crippen LogP contribution in [-0.4, -0.2) is 28.8 Å². The maximum atomic E-state index is 11.3. The third-order valence-electron chi connectivity index (χ3n) is 5.82. The summed E-state index contributed by atoms with van der Waals surface area (Å²) in [5.74, 6) is 1.28. The van der Waals surface area contributed by atoms with Crippen LogP contribution in [0.1, 0.15) is 34.4 Å². The number of aliphatic carboxylic acids is 1. The minimum Gasteiger partial charge on any atom is -0.488 e. The van der Waals surface area contributed by atoms with E-state index >= 15 is 0 Å². The van der Waals surface area contributed by atoms with Gasteiger partial charge < -0.3 is 19.0 Å². The van der Waals surface area contributed by atoms with E-state index < -0.39 is 12.1 Å². The van der Waals surface area contributed by atoms with Crippen molar-refractivity contribution in [3.05, 3.63) is 82.1 Å². The van der Waals surface area contributed by atoms with Crippen molar-refractivity contribution in [2.24, 2.45) is 0 Å². The number of aromatic nitrogens is 1. The molecule has 0 spiro atoms. The zero-order chi connectivity index (χ0) is 24.9. The fourth-order valence-corrected chi connectivity index (χ4v) is 4.77. The van der Waals surface area contributed by atoms with Crippen LogP contribution >= 0.6 is 11.3 Å². The van der Waals surface area contributed by atoms with E-state index in [9.17, 15) is 9.90 Å². The molecule has 35 heavy (non-hydrogen) atoms. The van der Waals surface area contributed by atoms with Gasteiger partial charge in [-0.15, -0.1) is 11.3 Å². The molecule has 4 aromatic rings. The molecule has 182 valence electrons. The quantitative estimate of drug-likeness (QED) is 0.269. The number of benzene rings is 2. The first-order valence-electron chi connectivity index (χ1n) is 11.5. The molecule has 7 heteroatoms. The molecule has 0 aliphatic rings. The van der Waals surface area contributed by atoms with Crippen molar-refractivity contribution in [1.29, 1.82) is 0 Å². The zero-order valence-corrected chi connectivity index (χ0v) is 21.1. The van der Waals surface area contributed by atoms with Crippen LogP contribution < -0.4 is 4.74 Å². The Hall–Kier alpha value is -3.42. The summed E-state index contributed by atoms with van der Waals surface area (Å²) in [7, 11) is 0. The van der Waals surface area contributed by atoms with Crippen LogP contribution in [0.25, 0.3) is 21.9 Å². The van der Waals surface area contributed by atoms with Crippen LogP contribution in [0.4, 0.5) is 0 Å². The Bertz CT molecular complexity index is 1270. The third-order valence-corrected chi connectivity index (χ3v) is 7.08. The van der Waals surface area contributed by atoms with Gasteiger partial charge in [-0.25, -0.2) is 9.78 Å². The van der Waals surface area contributed by atoms with Gasteiger partial charge in [-0.1, -0.05) is 24.3 Å². The third kappa shape index (κ3) is 5.99. The molecule has 6 nitrogen and oxygen atoms in total. The molecule has 1 atom stereocenters. The summed E-state index contributed by atoms with van der Waals surface area (Å²) in [6.45, 7) is 8.59. The van der Waals surface area contributed by atoms with E-state index in [0.717, 1.165) is 38.8 Å². The second-order valence-corrected chi connectivity index (χ2v) is 9.51. The first-order valence-corrected chi connectivity index (χ1v) is 12.4. The summed E-state index contributed by atoms with van der Waals surface area (Å²) in [4.78, 5) is 18.1. The number of ether oxygens (including phenoxy) is 2. The Balaban J connectivity index is 1.39. The molecule has 1 N–H and O–H groups in total. The minimum atomic E-state index is -0.950. The Kier molecular flexibility index (Phi) is 7.68. The molecular weight excluding hydrogens is 462 g/mol. The number of nitrogens with zero attached hydrogens (tertiary/aromatic N) is 1. The highest BCUT2D eigenvalue weighted by Gasteiger charge is 2.18. The molecule has 0 amide bonds. The number of aryl methyl sites for hydroxylation is 3. The van der Waals surface area contributed by atoms with Crippen molar-refractivity contribution in [2.75, 3.05) is 6.61 Å². The van der Waals surface area contributed by atoms with Crippen molar-refractivity contribution in [3.63, 3.8) is 0 Å². The van der Waals surface area contributed by atoms with Gasteiger partial charge in [0.15, 0.2) is 6.10 Å². The number of thiophene rings is 1. The van der Waals surface area contributed by atoms with Gasteiger partial charge in [0.1, 0.15) is 18.1 Å². The lowest BCUT2D eigenvalue weighted by atomic mass is 10.1. The van der Waals surface area contributed by atoms with Crippen LogP contribution in [0, 0.1) is 20.8 Å². The normalized spacial score (nSPS) is 12.0. The predicted octanol–water partition coefficient (Wildman–Crippen LogP) is 6.61. The van der Waals surface area contributed by atoms with Crippen molar-refractivity contribution >= 4 is 17.3 Å². The number of carbonyl (C=O) groups is 1. The van der Waals surface area contributed by atoms with Gasteiger partial charge in [0.05, 0.1) is 5.69 Å². The van der Waals surface area contributed by atoms with E-state index in [1.807, 2.05) is 50.2 Å². The van der Waals surface area contributed by atoms with Gasteiger partial charge in [0, 0.05) is 28.3 Å². The summed E-state index contributed by atoms with van der Waals surface area (Å²) < 4.78 is 17.0. The highest BCUT2D eigenvalue weighted by Crippen LogP contribution is 2.33. The molecule has 0 aliphatic heterocycles. The molecule has 2 aromatic heterocycles. The molecular formula is C28H29NO5S. The summed E-state index contributed by atoms with van der Waals surface area (Å²) >= 11 is 1.71. The van der Waals surface area contributed by atoms with Gasteiger partial charge >= 0.3 is 5.97 Å². The lowest BCUT2D eigenvalue weighted by Crippen LogP contribution is -2.26. The second kappa shape index (κ2) is 10.9. The van der Waals surface area contributed by atoms with Gasteiger partial charge in [-0.05, 0) is 74.7 Å². The summed E-state index contributed by atoms with van der Waals surface area (Å²) in [6, 6.07) is 17.9. The fraction of sp³-hybridized carbons (Fsp3) is 0.286. The number of oxazole rings is 1. The van der Waals surface area contributed by atoms with E-state index in [1.165, 1.54) is 10.4 Å². The average Bonchev–Trinajstić information content (AvgIpc) is 3.39. The molecule has 1 unspecified atom stereocenters. The Morgan fingerprint density at radius 2 is 1.74 bits per heavy atom. The molecule has 0 bridgehead atoms. The van der Waals surface area contributed by atoms with E-state index in [-0.39, 0.29) is 0 Å². The number of hydrogen-bond donors (Lipinski definition) is 1. The summed E-state index contributed by atoms with van der Waals surface area (Å²) in [5, 5.41) is 9.26. The van der Waals surface area contributed by atoms with Gasteiger partial charge in [0.25, 0.3) is 0 Å². The smallest absolute Gasteiger partial charge is 0.333 e. The average molecular weight is 492 g/mol. The van der Waals surface area contributed by atoms with Crippen LogP contribution in [-0.2, 0) is 22.6 Å². The SMILES string of the molecule is CCOC(Cc1ccc(OCc2sc(-c3ccc(-c4nc(C)c(C)o4)cc3)cc2C)cc1)C(=O)O. The van der Waals surface area contributed by atoms with Crippen LogP contribution in [0.3, 0.4) is 0 Å². The van der Waals surface area contributed by atoms with Crippen LogP contribution in [0.2, 0.25) is 0 Å². The standard InChI is InChI=1S/C28H29NO5S/c1-5-32-24(28(30)31)15-20-6-12-23(13-7-20)33-16-26-17(2)14-25(35-26)21-8-10-22(11-9-21)27-29-18(3)19(4)34-27/h6-14,24H,5,15-16H2,1-4H3,(H,30,31). The van der Waals surface area contributed by atoms with E-state index in [2.05, 4.69) is 30.1 Å². The minimum absolute atomic E-state index is 0.324. The summed E-state index contributed by atoms with van der Waals surface area (Å²) in [6.07, 6.45) is -0.512. The van der Waals surface area contributed by atoms with E-state index in [4.69, 9.17) is 13.9 Å². The maximum absolute atomic E-state index is 11.3. The van der Waals surface area contributed by atoms with E-state index in [0.29, 0.717) is 25.5 Å². The van der Waals surface area contributed by atoms with E-state index in [1.54, 1.807) is 18.3 Å². The molecule has 4 rings (SSSR count). The van der Waals surface area contributed by atoms with Crippen LogP contribution in [0.15, 0.2) is 59.0 Å². The summed E-state index contributed by atoms with van der Waals surface area (Å²) in [5.41, 5.74) is 5.09. The monoisotopic (exact) mass is 491 g/mol. The number of hydrogen-bond acceptors (Lipinski definition) is 6. The number of rotatable bonds is 10. The highest BCUT2D eigenvalue weighted by molar-refractivity contribution is 7.15. The molecule has 0 aliphatic carbocycles. The second-order valence-electron chi connectivity index (χ2n) is 8.37. The number of carboxylic acids is 1. The van der Waals surface area contributed by atoms with Crippen molar-refractivity contribution < 1.29 is 23.8 Å². The molecule has 2 aromatic carbocycles. The van der Waals surface area contributed by atoms with Gasteiger partial charge in [0.2, 0.25) is 5.89 Å². The maximum Gasteiger partial charge on any atom is 0.333 e. The molecule has 0 radical (unpaired) electrons. The zero-order valence-electron chi connectivity index (χ0n) is 20.3. The molecule has 0 saturated carbocycles. The Morgan fingerprint density at radius 3 is 2.34 bits per heavy atom. The Labute approximate surface area is 209 Å². The molecule has 0 fully saturated rings. The fourth-order valence-electron chi connectivity index (χ4n) is 3.68. The van der Waals surface area contributed by atoms with Crippen molar-refractivity contribution in [3.8, 4) is 27.6 Å². The first kappa shape index (κ1) is 24.7. The van der Waals surface area contributed by atoms with Gasteiger partial charge in [-0.3, -0.25) is 0 Å². The molecule has 2 heterocycles. The lowest BCUT2D eigenvalue weighted by Gasteiger charge is -2.13. The first-order chi connectivity index (χ1) is 16.8. The predicted molar refractivity (Wildman–Crippen MR) is 137 cm³/mol. The van der Waals surface area contributed by atoms with Gasteiger partial charge in [-0.2, -0.15) is 0 Å². The topological polar surface area (TPSA) is 81.8 Å². The van der Waals surface area contributed by atoms with Crippen molar-refractivity contribution in [2.45, 2.75) is 46.8 Å². The lowest BCUT2D eigenvalue weighted by molar-refractivity contribution is -0.149. The Morgan fingerprint density at radius 1 is 1.06 bits per heavy atom.